The van der Waals surface area contributed by atoms with Gasteiger partial charge in [0.15, 0.2) is 0 Å². The van der Waals surface area contributed by atoms with Crippen molar-refractivity contribution in [1.29, 1.82) is 0 Å². The Labute approximate surface area is 141 Å². The van der Waals surface area contributed by atoms with Crippen LogP contribution >= 0.6 is 0 Å². The van der Waals surface area contributed by atoms with E-state index < -0.39 is 0 Å². The average Bonchev–Trinajstić information content (AvgIpc) is 2.88. The summed E-state index contributed by atoms with van der Waals surface area (Å²) in [6.07, 6.45) is 0. The number of hydrogen-bond acceptors (Lipinski definition) is 4. The quantitative estimate of drug-likeness (QED) is 0.743. The maximum atomic E-state index is 12.0. The number of aryl methyl sites for hydroxylation is 2. The minimum absolute atomic E-state index is 0.142. The lowest BCUT2D eigenvalue weighted by Crippen LogP contribution is -2.36. The second-order valence-electron chi connectivity index (χ2n) is 5.42. The van der Waals surface area contributed by atoms with Crippen LogP contribution < -0.4 is 15.4 Å². The van der Waals surface area contributed by atoms with Gasteiger partial charge in [0.25, 0.3) is 5.91 Å². The third-order valence-electron chi connectivity index (χ3n) is 3.46. The molecule has 24 heavy (non-hydrogen) atoms. The lowest BCUT2D eigenvalue weighted by molar-refractivity contribution is -0.121. The maximum Gasteiger partial charge on any atom is 0.251 e. The van der Waals surface area contributed by atoms with Gasteiger partial charge in [0.05, 0.1) is 12.8 Å². The van der Waals surface area contributed by atoms with Crippen molar-refractivity contribution in [3.63, 3.8) is 0 Å². The lowest BCUT2D eigenvalue weighted by atomic mass is 10.2. The van der Waals surface area contributed by atoms with Crippen molar-refractivity contribution >= 4 is 11.8 Å². The van der Waals surface area contributed by atoms with Crippen LogP contribution in [0.4, 0.5) is 0 Å². The van der Waals surface area contributed by atoms with E-state index in [0.717, 1.165) is 11.4 Å². The molecule has 1 aromatic carbocycles. The molecule has 0 spiro atoms. The van der Waals surface area contributed by atoms with E-state index in [0.29, 0.717) is 24.4 Å². The van der Waals surface area contributed by atoms with E-state index in [4.69, 9.17) is 4.74 Å². The largest absolute Gasteiger partial charge is 0.497 e. The van der Waals surface area contributed by atoms with E-state index in [1.807, 2.05) is 19.9 Å². The second kappa shape index (κ2) is 8.14. The lowest BCUT2D eigenvalue weighted by Gasteiger charge is -2.09. The number of nitrogens with zero attached hydrogens (tertiary/aromatic N) is 2. The molecule has 0 unspecified atom stereocenters. The van der Waals surface area contributed by atoms with E-state index in [1.54, 1.807) is 36.1 Å². The molecule has 0 aliphatic carbocycles. The standard InChI is InChI=1S/C17H22N4O3/c1-12-9-13(2)21(20-12)11-16(22)18-7-8-19-17(23)14-5-4-6-15(10-14)24-3/h4-6,9-10H,7-8,11H2,1-3H3,(H,18,22)(H,19,23). The summed E-state index contributed by atoms with van der Waals surface area (Å²) in [5.41, 5.74) is 2.34. The highest BCUT2D eigenvalue weighted by molar-refractivity contribution is 5.94. The van der Waals surface area contributed by atoms with Crippen molar-refractivity contribution in [2.45, 2.75) is 20.4 Å². The Kier molecular flexibility index (Phi) is 5.95. The van der Waals surface area contributed by atoms with Gasteiger partial charge in [-0.05, 0) is 38.1 Å². The van der Waals surface area contributed by atoms with Gasteiger partial charge in [-0.3, -0.25) is 14.3 Å². The molecule has 0 saturated heterocycles. The van der Waals surface area contributed by atoms with Crippen LogP contribution in [0, 0.1) is 13.8 Å². The van der Waals surface area contributed by atoms with Crippen LogP contribution in [0.5, 0.6) is 5.75 Å². The molecular weight excluding hydrogens is 308 g/mol. The fourth-order valence-corrected chi connectivity index (χ4v) is 2.27. The summed E-state index contributed by atoms with van der Waals surface area (Å²) in [5.74, 6) is 0.277. The predicted molar refractivity (Wildman–Crippen MR) is 90.0 cm³/mol. The molecule has 0 saturated carbocycles. The van der Waals surface area contributed by atoms with Gasteiger partial charge in [0.1, 0.15) is 12.3 Å². The van der Waals surface area contributed by atoms with Gasteiger partial charge in [-0.1, -0.05) is 6.07 Å². The van der Waals surface area contributed by atoms with Crippen molar-refractivity contribution in [3.8, 4) is 5.75 Å². The van der Waals surface area contributed by atoms with Crippen LogP contribution in [0.2, 0.25) is 0 Å². The van der Waals surface area contributed by atoms with Crippen LogP contribution in [-0.4, -0.2) is 41.8 Å². The third-order valence-corrected chi connectivity index (χ3v) is 3.46. The summed E-state index contributed by atoms with van der Waals surface area (Å²) in [7, 11) is 1.55. The minimum atomic E-state index is -0.207. The average molecular weight is 330 g/mol. The Morgan fingerprint density at radius 2 is 1.92 bits per heavy atom. The summed E-state index contributed by atoms with van der Waals surface area (Å²) >= 11 is 0. The second-order valence-corrected chi connectivity index (χ2v) is 5.42. The van der Waals surface area contributed by atoms with Crippen LogP contribution in [0.25, 0.3) is 0 Å². The fraction of sp³-hybridized carbons (Fsp3) is 0.353. The van der Waals surface area contributed by atoms with Gasteiger partial charge in [-0.25, -0.2) is 0 Å². The highest BCUT2D eigenvalue weighted by Crippen LogP contribution is 2.12. The fourth-order valence-electron chi connectivity index (χ4n) is 2.27. The molecule has 0 aliphatic rings. The number of benzene rings is 1. The molecule has 2 rings (SSSR count). The normalized spacial score (nSPS) is 10.3. The summed E-state index contributed by atoms with van der Waals surface area (Å²) in [4.78, 5) is 23.9. The molecule has 0 bridgehead atoms. The number of amides is 2. The molecule has 0 atom stereocenters. The Morgan fingerprint density at radius 3 is 2.58 bits per heavy atom. The van der Waals surface area contributed by atoms with Gasteiger partial charge in [-0.2, -0.15) is 5.10 Å². The Morgan fingerprint density at radius 1 is 1.17 bits per heavy atom. The summed E-state index contributed by atoms with van der Waals surface area (Å²) in [5, 5.41) is 9.75. The van der Waals surface area contributed by atoms with Gasteiger partial charge in [-0.15, -0.1) is 0 Å². The van der Waals surface area contributed by atoms with E-state index in [2.05, 4.69) is 15.7 Å². The number of aromatic nitrogens is 2. The molecule has 0 fully saturated rings. The van der Waals surface area contributed by atoms with Crippen molar-refractivity contribution in [2.24, 2.45) is 0 Å². The van der Waals surface area contributed by atoms with Crippen molar-refractivity contribution in [3.05, 3.63) is 47.3 Å². The number of methoxy groups -OCH3 is 1. The zero-order valence-corrected chi connectivity index (χ0v) is 14.1. The van der Waals surface area contributed by atoms with E-state index in [-0.39, 0.29) is 18.4 Å². The van der Waals surface area contributed by atoms with E-state index in [9.17, 15) is 9.59 Å². The summed E-state index contributed by atoms with van der Waals surface area (Å²) < 4.78 is 6.74. The first-order valence-corrected chi connectivity index (χ1v) is 7.69. The van der Waals surface area contributed by atoms with Crippen LogP contribution in [-0.2, 0) is 11.3 Å². The first-order chi connectivity index (χ1) is 11.5. The van der Waals surface area contributed by atoms with Crippen molar-refractivity contribution in [2.75, 3.05) is 20.2 Å². The molecule has 7 nitrogen and oxygen atoms in total. The number of carbonyl (C=O) groups excluding carboxylic acids is 2. The summed E-state index contributed by atoms with van der Waals surface area (Å²) in [6.45, 7) is 4.66. The van der Waals surface area contributed by atoms with Crippen LogP contribution in [0.1, 0.15) is 21.7 Å². The smallest absolute Gasteiger partial charge is 0.251 e. The van der Waals surface area contributed by atoms with Gasteiger partial charge in [0.2, 0.25) is 5.91 Å². The Bertz CT molecular complexity index is 724. The zero-order chi connectivity index (χ0) is 17.5. The monoisotopic (exact) mass is 330 g/mol. The zero-order valence-electron chi connectivity index (χ0n) is 14.1. The van der Waals surface area contributed by atoms with Gasteiger partial charge < -0.3 is 15.4 Å². The first kappa shape index (κ1) is 17.5. The Balaban J connectivity index is 1.73. The third kappa shape index (κ3) is 4.84. The molecule has 7 heteroatoms. The molecule has 1 heterocycles. The SMILES string of the molecule is COc1cccc(C(=O)NCCNC(=O)Cn2nc(C)cc2C)c1. The number of ether oxygens (including phenoxy) is 1. The van der Waals surface area contributed by atoms with E-state index >= 15 is 0 Å². The first-order valence-electron chi connectivity index (χ1n) is 7.69. The molecule has 2 N–H and O–H groups in total. The molecule has 1 aromatic heterocycles. The highest BCUT2D eigenvalue weighted by atomic mass is 16.5. The Hall–Kier alpha value is -2.83. The van der Waals surface area contributed by atoms with Gasteiger partial charge >= 0.3 is 0 Å². The van der Waals surface area contributed by atoms with Gasteiger partial charge in [0, 0.05) is 24.3 Å². The number of hydrogen-bond donors (Lipinski definition) is 2. The highest BCUT2D eigenvalue weighted by Gasteiger charge is 2.08. The minimum Gasteiger partial charge on any atom is -0.497 e. The van der Waals surface area contributed by atoms with Crippen molar-refractivity contribution < 1.29 is 14.3 Å². The van der Waals surface area contributed by atoms with E-state index in [1.165, 1.54) is 0 Å². The molecule has 2 aromatic rings. The number of carbonyl (C=O) groups is 2. The molecule has 128 valence electrons. The van der Waals surface area contributed by atoms with Crippen molar-refractivity contribution in [1.82, 2.24) is 20.4 Å². The number of nitrogens with one attached hydrogen (secondary N) is 2. The maximum absolute atomic E-state index is 12.0. The summed E-state index contributed by atoms with van der Waals surface area (Å²) in [6, 6.07) is 8.82. The molecule has 0 radical (unpaired) electrons. The molecule has 2 amide bonds. The van der Waals surface area contributed by atoms with Crippen LogP contribution in [0.15, 0.2) is 30.3 Å². The van der Waals surface area contributed by atoms with Crippen LogP contribution in [0.3, 0.4) is 0 Å². The molecule has 0 aliphatic heterocycles. The number of rotatable bonds is 7. The predicted octanol–water partition coefficient (Wildman–Crippen LogP) is 1.05. The topological polar surface area (TPSA) is 85.3 Å². The molecular formula is C17H22N4O3.